The number of hydrogen-bond donors (Lipinski definition) is 1. The second-order valence-corrected chi connectivity index (χ2v) is 14.2. The lowest BCUT2D eigenvalue weighted by Crippen LogP contribution is -2.56. The van der Waals surface area contributed by atoms with Crippen LogP contribution in [-0.4, -0.2) is 55.8 Å². The first-order valence-electron chi connectivity index (χ1n) is 13.8. The van der Waals surface area contributed by atoms with Crippen molar-refractivity contribution < 1.29 is 27.5 Å². The number of nitrogens with zero attached hydrogens (tertiary/aromatic N) is 2. The van der Waals surface area contributed by atoms with Gasteiger partial charge in [-0.25, -0.2) is 8.42 Å². The predicted octanol–water partition coefficient (Wildman–Crippen LogP) is 5.43. The quantitative estimate of drug-likeness (QED) is 0.297. The molecule has 0 saturated heterocycles. The largest absolute Gasteiger partial charge is 0.454 e. The highest BCUT2D eigenvalue weighted by atomic mass is 35.5. The molecule has 1 aliphatic rings. The average Bonchev–Trinajstić information content (AvgIpc) is 3.43. The lowest BCUT2D eigenvalue weighted by Gasteiger charge is -2.35. The van der Waals surface area contributed by atoms with Crippen LogP contribution in [0.3, 0.4) is 0 Å². The molecule has 0 spiro atoms. The molecular formula is C31H35Cl2N3O6S. The number of amides is 2. The summed E-state index contributed by atoms with van der Waals surface area (Å²) in [5.41, 5.74) is 1.11. The van der Waals surface area contributed by atoms with Gasteiger partial charge >= 0.3 is 0 Å². The summed E-state index contributed by atoms with van der Waals surface area (Å²) in [5.74, 6) is -0.352. The fraction of sp³-hybridized carbons (Fsp3) is 0.355. The molecule has 1 atom stereocenters. The summed E-state index contributed by atoms with van der Waals surface area (Å²) in [5, 5.41) is 3.63. The summed E-state index contributed by atoms with van der Waals surface area (Å²) in [6, 6.07) is 18.0. The van der Waals surface area contributed by atoms with Crippen LogP contribution >= 0.6 is 23.2 Å². The Bertz CT molecular complexity index is 1580. The van der Waals surface area contributed by atoms with Crippen LogP contribution in [0.15, 0.2) is 66.7 Å². The minimum atomic E-state index is -3.93. The number of rotatable bonds is 11. The number of ether oxygens (including phenoxy) is 2. The Labute approximate surface area is 262 Å². The van der Waals surface area contributed by atoms with E-state index in [0.29, 0.717) is 27.1 Å². The molecule has 0 radical (unpaired) electrons. The number of anilines is 1. The van der Waals surface area contributed by atoms with Crippen molar-refractivity contribution in [2.75, 3.05) is 23.4 Å². The number of carbonyl (C=O) groups excluding carboxylic acids is 2. The van der Waals surface area contributed by atoms with Gasteiger partial charge in [-0.15, -0.1) is 0 Å². The van der Waals surface area contributed by atoms with Gasteiger partial charge in [-0.2, -0.15) is 0 Å². The van der Waals surface area contributed by atoms with Crippen molar-refractivity contribution in [2.24, 2.45) is 0 Å². The van der Waals surface area contributed by atoms with Gasteiger partial charge in [0.15, 0.2) is 11.5 Å². The van der Waals surface area contributed by atoms with Crippen LogP contribution in [0.4, 0.5) is 5.69 Å². The summed E-state index contributed by atoms with van der Waals surface area (Å²) in [7, 11) is -3.93. The van der Waals surface area contributed by atoms with Crippen LogP contribution < -0.4 is 19.1 Å². The molecule has 0 saturated carbocycles. The van der Waals surface area contributed by atoms with E-state index < -0.39 is 34.1 Å². The first-order valence-corrected chi connectivity index (χ1v) is 16.1. The number of sulfonamides is 1. The monoisotopic (exact) mass is 647 g/mol. The van der Waals surface area contributed by atoms with Crippen molar-refractivity contribution in [1.29, 1.82) is 0 Å². The summed E-state index contributed by atoms with van der Waals surface area (Å²) >= 11 is 12.4. The molecule has 43 heavy (non-hydrogen) atoms. The van der Waals surface area contributed by atoms with E-state index in [-0.39, 0.29) is 37.1 Å². The van der Waals surface area contributed by atoms with E-state index >= 15 is 0 Å². The molecule has 3 aromatic rings. The Balaban J connectivity index is 1.77. The van der Waals surface area contributed by atoms with Crippen LogP contribution in [0.25, 0.3) is 0 Å². The Morgan fingerprint density at radius 2 is 1.63 bits per heavy atom. The lowest BCUT2D eigenvalue weighted by atomic mass is 10.0. The zero-order valence-electron chi connectivity index (χ0n) is 24.5. The third kappa shape index (κ3) is 8.34. The molecule has 1 heterocycles. The van der Waals surface area contributed by atoms with Gasteiger partial charge in [0, 0.05) is 24.6 Å². The molecule has 12 heteroatoms. The Morgan fingerprint density at radius 1 is 0.930 bits per heavy atom. The summed E-state index contributed by atoms with van der Waals surface area (Å²) in [6.45, 7) is 6.50. The van der Waals surface area contributed by atoms with E-state index in [1.165, 1.54) is 17.9 Å². The molecule has 1 N–H and O–H groups in total. The van der Waals surface area contributed by atoms with Crippen molar-refractivity contribution >= 4 is 50.7 Å². The van der Waals surface area contributed by atoms with Gasteiger partial charge in [-0.05, 0) is 63.1 Å². The number of carbonyl (C=O) groups is 2. The van der Waals surface area contributed by atoms with Gasteiger partial charge in [0.2, 0.25) is 28.6 Å². The molecule has 4 rings (SSSR count). The van der Waals surface area contributed by atoms with Crippen molar-refractivity contribution in [3.8, 4) is 11.5 Å². The van der Waals surface area contributed by atoms with E-state index in [4.69, 9.17) is 32.7 Å². The van der Waals surface area contributed by atoms with Crippen molar-refractivity contribution in [2.45, 2.75) is 52.2 Å². The van der Waals surface area contributed by atoms with Crippen LogP contribution in [0.1, 0.15) is 38.8 Å². The number of benzene rings is 3. The lowest BCUT2D eigenvalue weighted by molar-refractivity contribution is -0.140. The van der Waals surface area contributed by atoms with Gasteiger partial charge in [-0.3, -0.25) is 13.9 Å². The summed E-state index contributed by atoms with van der Waals surface area (Å²) in [4.78, 5) is 29.6. The fourth-order valence-corrected chi connectivity index (χ4v) is 5.98. The number of nitrogens with one attached hydrogen (secondary N) is 1. The molecule has 1 aliphatic heterocycles. The third-order valence-electron chi connectivity index (χ3n) is 6.73. The van der Waals surface area contributed by atoms with Crippen molar-refractivity contribution in [3.63, 3.8) is 0 Å². The second-order valence-electron chi connectivity index (χ2n) is 11.2. The minimum absolute atomic E-state index is 0.0136. The number of fused-ring (bicyclic) bond motifs is 1. The molecule has 0 unspecified atom stereocenters. The van der Waals surface area contributed by atoms with E-state index in [1.807, 2.05) is 51.1 Å². The Hall–Kier alpha value is -3.47. The molecule has 0 aliphatic carbocycles. The molecule has 2 amide bonds. The van der Waals surface area contributed by atoms with Crippen molar-refractivity contribution in [1.82, 2.24) is 10.2 Å². The molecule has 3 aromatic carbocycles. The Kier molecular flexibility index (Phi) is 10.1. The molecular weight excluding hydrogens is 613 g/mol. The first-order chi connectivity index (χ1) is 20.3. The smallest absolute Gasteiger partial charge is 0.244 e. The van der Waals surface area contributed by atoms with Gasteiger partial charge in [0.25, 0.3) is 0 Å². The van der Waals surface area contributed by atoms with Gasteiger partial charge in [-0.1, -0.05) is 59.6 Å². The van der Waals surface area contributed by atoms with Gasteiger partial charge < -0.3 is 19.7 Å². The van der Waals surface area contributed by atoms with Crippen LogP contribution in [0.5, 0.6) is 11.5 Å². The van der Waals surface area contributed by atoms with E-state index in [1.54, 1.807) is 30.3 Å². The third-order valence-corrected chi connectivity index (χ3v) is 9.21. The van der Waals surface area contributed by atoms with Crippen LogP contribution in [-0.2, 0) is 32.6 Å². The maximum atomic E-state index is 14.3. The maximum Gasteiger partial charge on any atom is 0.244 e. The zero-order chi connectivity index (χ0) is 31.4. The zero-order valence-corrected chi connectivity index (χ0v) is 26.8. The highest BCUT2D eigenvalue weighted by molar-refractivity contribution is 7.92. The predicted molar refractivity (Wildman–Crippen MR) is 168 cm³/mol. The van der Waals surface area contributed by atoms with Gasteiger partial charge in [0.1, 0.15) is 12.6 Å². The van der Waals surface area contributed by atoms with Crippen molar-refractivity contribution in [3.05, 3.63) is 87.9 Å². The maximum absolute atomic E-state index is 14.3. The number of halogens is 2. The van der Waals surface area contributed by atoms with Gasteiger partial charge in [0.05, 0.1) is 21.5 Å². The van der Waals surface area contributed by atoms with E-state index in [0.717, 1.165) is 9.87 Å². The Morgan fingerprint density at radius 3 is 2.28 bits per heavy atom. The standard InChI is InChI=1S/C31H35Cl2N3O6S/c1-5-43(39,40)36(23-12-14-27-28(17-23)42-20-41-27)19-29(37)35(18-22-11-13-24(32)25(33)15-22)26(30(38)34-31(2,3)4)16-21-9-7-6-8-10-21/h6-15,17,26H,5,16,18-20H2,1-4H3,(H,34,38)/t26-/m1/s1. The highest BCUT2D eigenvalue weighted by Crippen LogP contribution is 2.36. The highest BCUT2D eigenvalue weighted by Gasteiger charge is 2.35. The number of hydrogen-bond acceptors (Lipinski definition) is 6. The van der Waals surface area contributed by atoms with E-state index in [9.17, 15) is 18.0 Å². The van der Waals surface area contributed by atoms with Crippen LogP contribution in [0.2, 0.25) is 10.0 Å². The fourth-order valence-electron chi connectivity index (χ4n) is 4.60. The SMILES string of the molecule is CCS(=O)(=O)N(CC(=O)N(Cc1ccc(Cl)c(Cl)c1)[C@H](Cc1ccccc1)C(=O)NC(C)(C)C)c1ccc2c(c1)OCO2. The molecule has 0 aromatic heterocycles. The minimum Gasteiger partial charge on any atom is -0.454 e. The molecule has 230 valence electrons. The molecule has 0 fully saturated rings. The molecule has 9 nitrogen and oxygen atoms in total. The second kappa shape index (κ2) is 13.4. The topological polar surface area (TPSA) is 105 Å². The normalized spacial score (nSPS) is 13.3. The first kappa shape index (κ1) is 32.4. The van der Waals surface area contributed by atoms with Crippen LogP contribution in [0, 0.1) is 0 Å². The average molecular weight is 649 g/mol. The summed E-state index contributed by atoms with van der Waals surface area (Å²) < 4.78 is 38.6. The summed E-state index contributed by atoms with van der Waals surface area (Å²) in [6.07, 6.45) is 0.195. The van der Waals surface area contributed by atoms with E-state index in [2.05, 4.69) is 5.32 Å². The molecule has 0 bridgehead atoms.